The van der Waals surface area contributed by atoms with Crippen molar-refractivity contribution in [3.05, 3.63) is 194 Å². The summed E-state index contributed by atoms with van der Waals surface area (Å²) in [5.74, 6) is -0.943. The first-order valence-electron chi connectivity index (χ1n) is 30.4. The fourth-order valence-corrected chi connectivity index (χ4v) is 12.6. The highest BCUT2D eigenvalue weighted by Crippen LogP contribution is 2.52. The van der Waals surface area contributed by atoms with Crippen LogP contribution >= 0.6 is 0 Å². The highest BCUT2D eigenvalue weighted by Gasteiger charge is 2.49. The lowest BCUT2D eigenvalue weighted by atomic mass is 10.1. The second-order valence-corrected chi connectivity index (χ2v) is 24.6. The maximum absolute atomic E-state index is 13.1. The Morgan fingerprint density at radius 2 is 0.527 bits per heavy atom. The molecule has 9 nitrogen and oxygen atoms in total. The van der Waals surface area contributed by atoms with Gasteiger partial charge in [-0.05, 0) is 164 Å². The third-order valence-corrected chi connectivity index (χ3v) is 18.4. The SMILES string of the molecule is Cc1ccc(C(F)(F)F)cc1N1CCN(C(=O)[C@@H]2C[C@@H]2c2ccc(C(F)(F)F)cc2)CC1.Cc1ccc(C(F)(F)F)cc1N1CCN(C(=O)[C@H]2CC2c2ccc(C(F)(F)F)cc2)CC1.Cc1ccc(C(F)(F)F)cc1N1CCN(C(=O)[C@H]2C[C@H]2c2ccc(F)cc2)CC1. The molecule has 0 aromatic heterocycles. The molecule has 0 spiro atoms. The van der Waals surface area contributed by atoms with Gasteiger partial charge in [0, 0.05) is 113 Å². The summed E-state index contributed by atoms with van der Waals surface area (Å²) in [6.07, 6.45) is -20.0. The number of nitrogens with zero attached hydrogens (tertiary/aromatic N) is 6. The van der Waals surface area contributed by atoms with Crippen LogP contribution < -0.4 is 14.7 Å². The van der Waals surface area contributed by atoms with Gasteiger partial charge < -0.3 is 29.4 Å². The number of rotatable bonds is 9. The Bertz CT molecular complexity index is 3480. The zero-order valence-corrected chi connectivity index (χ0v) is 50.7. The van der Waals surface area contributed by atoms with Crippen LogP contribution in [0, 0.1) is 44.3 Å². The number of hydrogen-bond donors (Lipinski definition) is 0. The van der Waals surface area contributed by atoms with Crippen molar-refractivity contribution in [3.63, 3.8) is 0 Å². The van der Waals surface area contributed by atoms with Gasteiger partial charge in [0.2, 0.25) is 17.7 Å². The largest absolute Gasteiger partial charge is 0.416 e. The van der Waals surface area contributed by atoms with Gasteiger partial charge in [-0.15, -0.1) is 0 Å². The Kier molecular flexibility index (Phi) is 19.3. The van der Waals surface area contributed by atoms with Crippen LogP contribution in [0.2, 0.25) is 0 Å². The van der Waals surface area contributed by atoms with Gasteiger partial charge in [-0.3, -0.25) is 14.4 Å². The summed E-state index contributed by atoms with van der Waals surface area (Å²) in [7, 11) is 0. The fraction of sp³-hybridized carbons (Fsp3) is 0.426. The molecule has 6 fully saturated rings. The van der Waals surface area contributed by atoms with Crippen LogP contribution in [0.15, 0.2) is 127 Å². The van der Waals surface area contributed by atoms with E-state index in [0.29, 0.717) is 108 Å². The van der Waals surface area contributed by atoms with E-state index in [-0.39, 0.29) is 59.0 Å². The average molecular weight is 1320 g/mol. The Morgan fingerprint density at radius 3 is 0.753 bits per heavy atom. The van der Waals surface area contributed by atoms with Crippen molar-refractivity contribution in [1.82, 2.24) is 14.7 Å². The molecule has 3 aliphatic carbocycles. The normalized spacial score (nSPS) is 21.7. The maximum atomic E-state index is 13.1. The van der Waals surface area contributed by atoms with Gasteiger partial charge >= 0.3 is 30.9 Å². The molecule has 6 aromatic rings. The molecule has 6 aliphatic rings. The minimum atomic E-state index is -4.42. The lowest BCUT2D eigenvalue weighted by Crippen LogP contribution is -2.49. The molecule has 0 bridgehead atoms. The molecule has 1 unspecified atom stereocenters. The molecular formula is C68H66F16N6O3. The van der Waals surface area contributed by atoms with Crippen LogP contribution in [0.4, 0.5) is 87.3 Å². The summed E-state index contributed by atoms with van der Waals surface area (Å²) >= 11 is 0. The number of anilines is 3. The van der Waals surface area contributed by atoms with E-state index in [2.05, 4.69) is 0 Å². The molecule has 93 heavy (non-hydrogen) atoms. The van der Waals surface area contributed by atoms with Gasteiger partial charge in [0.1, 0.15) is 5.82 Å². The summed E-state index contributed by atoms with van der Waals surface area (Å²) < 4.78 is 207. The van der Waals surface area contributed by atoms with Crippen molar-refractivity contribution in [3.8, 4) is 0 Å². The Labute approximate surface area is 526 Å². The Balaban J connectivity index is 0.000000153. The van der Waals surface area contributed by atoms with Crippen molar-refractivity contribution in [2.24, 2.45) is 17.8 Å². The van der Waals surface area contributed by atoms with E-state index >= 15 is 0 Å². The zero-order chi connectivity index (χ0) is 67.3. The van der Waals surface area contributed by atoms with E-state index in [1.54, 1.807) is 47.6 Å². The third kappa shape index (κ3) is 16.2. The number of carbonyl (C=O) groups excluding carboxylic acids is 3. The van der Waals surface area contributed by atoms with Gasteiger partial charge in [0.15, 0.2) is 0 Å². The highest BCUT2D eigenvalue weighted by molar-refractivity contribution is 5.85. The van der Waals surface area contributed by atoms with Crippen LogP contribution in [0.1, 0.15) is 98.2 Å². The number of benzene rings is 6. The summed E-state index contributed by atoms with van der Waals surface area (Å²) in [4.78, 5) is 49.3. The molecular weight excluding hydrogens is 1250 g/mol. The van der Waals surface area contributed by atoms with Gasteiger partial charge in [0.05, 0.1) is 27.8 Å². The lowest BCUT2D eigenvalue weighted by Gasteiger charge is -2.37. The first-order chi connectivity index (χ1) is 43.6. The second-order valence-electron chi connectivity index (χ2n) is 24.6. The number of aryl methyl sites for hydroxylation is 3. The van der Waals surface area contributed by atoms with Gasteiger partial charge in [-0.2, -0.15) is 65.9 Å². The van der Waals surface area contributed by atoms with Gasteiger partial charge in [-0.1, -0.05) is 54.6 Å². The summed E-state index contributed by atoms with van der Waals surface area (Å²) in [5, 5.41) is 0. The molecule has 12 rings (SSSR count). The van der Waals surface area contributed by atoms with Crippen LogP contribution in [-0.4, -0.2) is 111 Å². The predicted octanol–water partition coefficient (Wildman–Crippen LogP) is 15.6. The van der Waals surface area contributed by atoms with E-state index in [0.717, 1.165) is 94.4 Å². The molecule has 3 heterocycles. The van der Waals surface area contributed by atoms with Crippen molar-refractivity contribution in [2.75, 3.05) is 93.2 Å². The van der Waals surface area contributed by atoms with Gasteiger partial charge in [0.25, 0.3) is 0 Å². The van der Waals surface area contributed by atoms with Crippen molar-refractivity contribution in [1.29, 1.82) is 0 Å². The van der Waals surface area contributed by atoms with E-state index in [1.165, 1.54) is 60.7 Å². The number of piperazine rings is 3. The smallest absolute Gasteiger partial charge is 0.368 e. The van der Waals surface area contributed by atoms with Crippen LogP contribution in [0.25, 0.3) is 0 Å². The molecule has 25 heteroatoms. The number of hydrogen-bond acceptors (Lipinski definition) is 6. The second kappa shape index (κ2) is 26.4. The zero-order valence-electron chi connectivity index (χ0n) is 50.7. The lowest BCUT2D eigenvalue weighted by molar-refractivity contribution is -0.138. The molecule has 3 amide bonds. The number of alkyl halides is 15. The van der Waals surface area contributed by atoms with E-state index in [4.69, 9.17) is 0 Å². The van der Waals surface area contributed by atoms with Crippen molar-refractivity contribution >= 4 is 34.8 Å². The minimum absolute atomic E-state index is 0.0460. The Morgan fingerprint density at radius 1 is 0.312 bits per heavy atom. The topological polar surface area (TPSA) is 70.7 Å². The number of carbonyl (C=O) groups is 3. The van der Waals surface area contributed by atoms with Crippen molar-refractivity contribution < 1.29 is 84.6 Å². The van der Waals surface area contributed by atoms with E-state index in [1.807, 2.05) is 14.7 Å². The first-order valence-corrected chi connectivity index (χ1v) is 30.4. The van der Waals surface area contributed by atoms with Crippen molar-refractivity contribution in [2.45, 2.75) is 88.7 Å². The molecule has 6 aromatic carbocycles. The molecule has 6 atom stereocenters. The number of amides is 3. The predicted molar refractivity (Wildman–Crippen MR) is 317 cm³/mol. The molecule has 3 saturated heterocycles. The highest BCUT2D eigenvalue weighted by atomic mass is 19.4. The molecule has 0 radical (unpaired) electrons. The van der Waals surface area contributed by atoms with Crippen LogP contribution in [-0.2, 0) is 45.3 Å². The van der Waals surface area contributed by atoms with Crippen LogP contribution in [0.5, 0.6) is 0 Å². The van der Waals surface area contributed by atoms with Crippen LogP contribution in [0.3, 0.4) is 0 Å². The molecule has 0 N–H and O–H groups in total. The summed E-state index contributed by atoms with van der Waals surface area (Å²) in [6, 6.07) is 27.2. The molecule has 498 valence electrons. The summed E-state index contributed by atoms with van der Waals surface area (Å²) in [6.45, 7) is 10.5. The monoisotopic (exact) mass is 1320 g/mol. The fourth-order valence-electron chi connectivity index (χ4n) is 12.6. The standard InChI is InChI=1S/2C23H22F6N2O.C22H22F4N2O/c2*1-14-2-5-17(23(27,28)29)12-20(14)30-8-10-31(11-9-30)21(32)19-13-18(19)15-3-6-16(7-4-15)22(24,25)26;1-14-2-5-16(22(24,25)26)12-20(14)27-8-10-28(11-9-27)21(29)19-13-18(19)15-3-6-17(23)7-4-15/h2*2-7,12,18-19H,8-11,13H2,1H3;2-7,12,18-19H,8-11,13H2,1H3/t18?,19-;2*18-,19-/m010/s1. The summed E-state index contributed by atoms with van der Waals surface area (Å²) in [5.41, 5.74) is 2.79. The minimum Gasteiger partial charge on any atom is -0.368 e. The maximum Gasteiger partial charge on any atom is 0.416 e. The van der Waals surface area contributed by atoms with E-state index < -0.39 is 58.7 Å². The molecule has 3 aliphatic heterocycles. The third-order valence-electron chi connectivity index (χ3n) is 18.4. The quantitative estimate of drug-likeness (QED) is 0.134. The van der Waals surface area contributed by atoms with E-state index in [9.17, 15) is 84.6 Å². The average Bonchev–Trinajstić information content (AvgIpc) is 1.66. The first kappa shape index (κ1) is 67.9. The number of halogens is 16. The van der Waals surface area contributed by atoms with Gasteiger partial charge in [-0.25, -0.2) is 4.39 Å². The Hall–Kier alpha value is -7.99. The molecule has 3 saturated carbocycles.